The van der Waals surface area contributed by atoms with Gasteiger partial charge in [0.25, 0.3) is 0 Å². The summed E-state index contributed by atoms with van der Waals surface area (Å²) in [4.78, 5) is 7.87. The summed E-state index contributed by atoms with van der Waals surface area (Å²) in [6.07, 6.45) is 1.02. The van der Waals surface area contributed by atoms with Crippen molar-refractivity contribution >= 4 is 17.5 Å². The van der Waals surface area contributed by atoms with Gasteiger partial charge in [0.2, 0.25) is 5.95 Å². The molecule has 0 saturated carbocycles. The number of anilines is 1. The average molecular weight is 186 g/mol. The minimum atomic E-state index is 0.248. The zero-order valence-electron chi connectivity index (χ0n) is 7.21. The number of aromatic nitrogens is 2. The third-order valence-corrected chi connectivity index (χ3v) is 2.04. The van der Waals surface area contributed by atoms with Gasteiger partial charge in [0, 0.05) is 0 Å². The van der Waals surface area contributed by atoms with E-state index in [1.54, 1.807) is 6.07 Å². The van der Waals surface area contributed by atoms with Gasteiger partial charge >= 0.3 is 0 Å². The Kier molecular flexibility index (Phi) is 2.87. The predicted molar refractivity (Wildman–Crippen MR) is 50.2 cm³/mol. The molecule has 0 aromatic carbocycles. The highest BCUT2D eigenvalue weighted by molar-refractivity contribution is 6.29. The largest absolute Gasteiger partial charge is 0.368 e. The van der Waals surface area contributed by atoms with E-state index in [9.17, 15) is 0 Å². The van der Waals surface area contributed by atoms with Crippen molar-refractivity contribution in [1.29, 1.82) is 0 Å². The number of nitrogens with two attached hydrogens (primary N) is 1. The Labute approximate surface area is 77.0 Å². The van der Waals surface area contributed by atoms with Crippen molar-refractivity contribution in [1.82, 2.24) is 9.97 Å². The number of nitrogens with zero attached hydrogens (tertiary/aromatic N) is 2. The first-order valence-corrected chi connectivity index (χ1v) is 4.31. The van der Waals surface area contributed by atoms with Crippen LogP contribution in [0.3, 0.4) is 0 Å². The van der Waals surface area contributed by atoms with E-state index in [-0.39, 0.29) is 5.95 Å². The number of rotatable bonds is 2. The quantitative estimate of drug-likeness (QED) is 0.719. The molecule has 0 bridgehead atoms. The van der Waals surface area contributed by atoms with Gasteiger partial charge in [-0.05, 0) is 18.4 Å². The molecule has 4 heteroatoms. The van der Waals surface area contributed by atoms with E-state index in [0.29, 0.717) is 11.1 Å². The molecule has 1 rings (SSSR count). The van der Waals surface area contributed by atoms with Crippen molar-refractivity contribution in [3.8, 4) is 0 Å². The van der Waals surface area contributed by atoms with Gasteiger partial charge in [-0.15, -0.1) is 0 Å². The van der Waals surface area contributed by atoms with Crippen molar-refractivity contribution in [2.24, 2.45) is 0 Å². The standard InChI is InChI=1S/C8H12ClN3/c1-3-5(2)6-4-7(9)12-8(10)11-6/h4-5H,3H2,1-2H3,(H2,10,11,12)/t5-/m1/s1. The van der Waals surface area contributed by atoms with Gasteiger partial charge in [-0.25, -0.2) is 9.97 Å². The van der Waals surface area contributed by atoms with Crippen LogP contribution in [0.1, 0.15) is 31.9 Å². The topological polar surface area (TPSA) is 51.8 Å². The molecule has 0 saturated heterocycles. The smallest absolute Gasteiger partial charge is 0.221 e. The summed E-state index contributed by atoms with van der Waals surface area (Å²) < 4.78 is 0. The summed E-state index contributed by atoms with van der Waals surface area (Å²) >= 11 is 5.72. The second-order valence-electron chi connectivity index (χ2n) is 2.78. The van der Waals surface area contributed by atoms with Gasteiger partial charge in [0.05, 0.1) is 5.69 Å². The highest BCUT2D eigenvalue weighted by atomic mass is 35.5. The van der Waals surface area contributed by atoms with E-state index in [2.05, 4.69) is 23.8 Å². The summed E-state index contributed by atoms with van der Waals surface area (Å²) in [5.74, 6) is 0.630. The normalized spacial score (nSPS) is 12.9. The van der Waals surface area contributed by atoms with E-state index < -0.39 is 0 Å². The number of halogens is 1. The fraction of sp³-hybridized carbons (Fsp3) is 0.500. The first-order chi connectivity index (χ1) is 5.63. The maximum Gasteiger partial charge on any atom is 0.221 e. The molecule has 1 aromatic rings. The van der Waals surface area contributed by atoms with Crippen molar-refractivity contribution in [2.45, 2.75) is 26.2 Å². The van der Waals surface area contributed by atoms with Crippen molar-refractivity contribution in [3.63, 3.8) is 0 Å². The van der Waals surface area contributed by atoms with E-state index in [1.807, 2.05) is 0 Å². The number of nitrogen functional groups attached to an aromatic ring is 1. The monoisotopic (exact) mass is 185 g/mol. The molecule has 1 atom stereocenters. The molecule has 1 heterocycles. The Hall–Kier alpha value is -0.830. The molecule has 2 N–H and O–H groups in total. The minimum absolute atomic E-state index is 0.248. The van der Waals surface area contributed by atoms with Gasteiger partial charge in [-0.3, -0.25) is 0 Å². The first-order valence-electron chi connectivity index (χ1n) is 3.93. The van der Waals surface area contributed by atoms with Crippen LogP contribution in [-0.2, 0) is 0 Å². The van der Waals surface area contributed by atoms with Crippen LogP contribution in [-0.4, -0.2) is 9.97 Å². The lowest BCUT2D eigenvalue weighted by molar-refractivity contribution is 0.706. The Balaban J connectivity index is 3.00. The fourth-order valence-corrected chi connectivity index (χ4v) is 1.11. The Morgan fingerprint density at radius 1 is 1.58 bits per heavy atom. The minimum Gasteiger partial charge on any atom is -0.368 e. The fourth-order valence-electron chi connectivity index (χ4n) is 0.915. The van der Waals surface area contributed by atoms with Gasteiger partial charge in [0.1, 0.15) is 5.15 Å². The van der Waals surface area contributed by atoms with Crippen LogP contribution in [0, 0.1) is 0 Å². The Bertz CT molecular complexity index is 255. The molecule has 0 fully saturated rings. The number of hydrogen-bond acceptors (Lipinski definition) is 3. The molecular formula is C8H12ClN3. The van der Waals surface area contributed by atoms with Crippen LogP contribution >= 0.6 is 11.6 Å². The summed E-state index contributed by atoms with van der Waals surface area (Å²) in [5.41, 5.74) is 6.36. The van der Waals surface area contributed by atoms with Crippen LogP contribution < -0.4 is 5.73 Å². The molecule has 0 spiro atoms. The first kappa shape index (κ1) is 9.26. The molecule has 0 unspecified atom stereocenters. The summed E-state index contributed by atoms with van der Waals surface area (Å²) in [6, 6.07) is 1.76. The third-order valence-electron chi connectivity index (χ3n) is 1.85. The second kappa shape index (κ2) is 3.72. The van der Waals surface area contributed by atoms with Gasteiger partial charge < -0.3 is 5.73 Å². The maximum absolute atomic E-state index is 5.72. The van der Waals surface area contributed by atoms with Gasteiger partial charge in [-0.2, -0.15) is 0 Å². The maximum atomic E-state index is 5.72. The van der Waals surface area contributed by atoms with Crippen LogP contribution in [0.5, 0.6) is 0 Å². The summed E-state index contributed by atoms with van der Waals surface area (Å²) in [6.45, 7) is 4.18. The molecule has 0 amide bonds. The van der Waals surface area contributed by atoms with Crippen LogP contribution in [0.2, 0.25) is 5.15 Å². The molecule has 1 aromatic heterocycles. The van der Waals surface area contributed by atoms with Crippen molar-refractivity contribution in [2.75, 3.05) is 5.73 Å². The van der Waals surface area contributed by atoms with Gasteiger partial charge in [-0.1, -0.05) is 25.4 Å². The molecule has 0 radical (unpaired) electrons. The Morgan fingerprint density at radius 2 is 2.25 bits per heavy atom. The molecule has 12 heavy (non-hydrogen) atoms. The zero-order chi connectivity index (χ0) is 9.14. The highest BCUT2D eigenvalue weighted by Crippen LogP contribution is 2.19. The molecular weight excluding hydrogens is 174 g/mol. The summed E-state index contributed by atoms with van der Waals surface area (Å²) in [5, 5.41) is 0.415. The van der Waals surface area contributed by atoms with Crippen molar-refractivity contribution < 1.29 is 0 Å². The lowest BCUT2D eigenvalue weighted by Gasteiger charge is -2.07. The van der Waals surface area contributed by atoms with E-state index in [1.165, 1.54) is 0 Å². The molecule has 0 aliphatic carbocycles. The highest BCUT2D eigenvalue weighted by Gasteiger charge is 2.06. The van der Waals surface area contributed by atoms with Crippen LogP contribution in [0.4, 0.5) is 5.95 Å². The number of hydrogen-bond donors (Lipinski definition) is 1. The molecule has 0 aliphatic rings. The second-order valence-corrected chi connectivity index (χ2v) is 3.17. The lowest BCUT2D eigenvalue weighted by atomic mass is 10.1. The summed E-state index contributed by atoms with van der Waals surface area (Å²) in [7, 11) is 0. The zero-order valence-corrected chi connectivity index (χ0v) is 7.97. The predicted octanol–water partition coefficient (Wildman–Crippen LogP) is 2.23. The molecule has 3 nitrogen and oxygen atoms in total. The third kappa shape index (κ3) is 2.08. The Morgan fingerprint density at radius 3 is 2.75 bits per heavy atom. The van der Waals surface area contributed by atoms with Crippen LogP contribution in [0.15, 0.2) is 6.07 Å². The molecule has 0 aliphatic heterocycles. The van der Waals surface area contributed by atoms with Crippen molar-refractivity contribution in [3.05, 3.63) is 16.9 Å². The van der Waals surface area contributed by atoms with E-state index in [4.69, 9.17) is 17.3 Å². The lowest BCUT2D eigenvalue weighted by Crippen LogP contribution is -2.01. The SMILES string of the molecule is CC[C@@H](C)c1cc(Cl)nc(N)n1. The van der Waals surface area contributed by atoms with E-state index >= 15 is 0 Å². The average Bonchev–Trinajstić information content (AvgIpc) is 2.01. The van der Waals surface area contributed by atoms with Gasteiger partial charge in [0.15, 0.2) is 0 Å². The molecule has 66 valence electrons. The van der Waals surface area contributed by atoms with E-state index in [0.717, 1.165) is 12.1 Å². The van der Waals surface area contributed by atoms with Crippen LogP contribution in [0.25, 0.3) is 0 Å².